The van der Waals surface area contributed by atoms with Gasteiger partial charge in [-0.25, -0.2) is 0 Å². The zero-order valence-electron chi connectivity index (χ0n) is 12.2. The van der Waals surface area contributed by atoms with Crippen molar-refractivity contribution in [2.45, 2.75) is 38.3 Å². The fourth-order valence-corrected chi connectivity index (χ4v) is 4.44. The van der Waals surface area contributed by atoms with Crippen LogP contribution in [0.25, 0.3) is 0 Å². The average Bonchev–Trinajstić information content (AvgIpc) is 2.90. The van der Waals surface area contributed by atoms with E-state index in [2.05, 4.69) is 51.5 Å². The Morgan fingerprint density at radius 3 is 2.75 bits per heavy atom. The molecule has 6 heteroatoms. The Bertz CT molecular complexity index is 422. The SMILES string of the molecule is CCC(C)(C(Cc1sccc1Br)NN)N1CCOCC1. The summed E-state index contributed by atoms with van der Waals surface area (Å²) in [7, 11) is 0. The van der Waals surface area contributed by atoms with Gasteiger partial charge in [-0.3, -0.25) is 16.2 Å². The second kappa shape index (κ2) is 7.33. The van der Waals surface area contributed by atoms with E-state index in [1.54, 1.807) is 11.3 Å². The minimum absolute atomic E-state index is 0.0436. The van der Waals surface area contributed by atoms with Gasteiger partial charge in [0.05, 0.1) is 13.2 Å². The predicted molar refractivity (Wildman–Crippen MR) is 87.9 cm³/mol. The van der Waals surface area contributed by atoms with Crippen molar-refractivity contribution in [1.82, 2.24) is 10.3 Å². The van der Waals surface area contributed by atoms with E-state index in [1.165, 1.54) is 9.35 Å². The van der Waals surface area contributed by atoms with Crippen LogP contribution in [0.5, 0.6) is 0 Å². The summed E-state index contributed by atoms with van der Waals surface area (Å²) < 4.78 is 6.66. The molecule has 2 rings (SSSR count). The topological polar surface area (TPSA) is 50.5 Å². The number of halogens is 1. The van der Waals surface area contributed by atoms with Crippen molar-refractivity contribution < 1.29 is 4.74 Å². The van der Waals surface area contributed by atoms with Crippen LogP contribution in [0, 0.1) is 0 Å². The van der Waals surface area contributed by atoms with Crippen LogP contribution in [0.15, 0.2) is 15.9 Å². The molecule has 2 heterocycles. The van der Waals surface area contributed by atoms with Crippen LogP contribution in [0.2, 0.25) is 0 Å². The number of rotatable bonds is 6. The molecule has 2 atom stereocenters. The monoisotopic (exact) mass is 361 g/mol. The normalized spacial score (nSPS) is 21.6. The van der Waals surface area contributed by atoms with Crippen molar-refractivity contribution in [2.75, 3.05) is 26.3 Å². The predicted octanol–water partition coefficient (Wildman–Crippen LogP) is 2.39. The minimum atomic E-state index is 0.0436. The average molecular weight is 362 g/mol. The Hall–Kier alpha value is 0.0200. The number of nitrogens with one attached hydrogen (secondary N) is 1. The Morgan fingerprint density at radius 1 is 1.55 bits per heavy atom. The van der Waals surface area contributed by atoms with E-state index in [0.29, 0.717) is 0 Å². The maximum Gasteiger partial charge on any atom is 0.0594 e. The molecule has 0 amide bonds. The molecule has 1 saturated heterocycles. The molecule has 0 aromatic carbocycles. The number of thiophene rings is 1. The molecule has 1 aliphatic heterocycles. The van der Waals surface area contributed by atoms with Crippen LogP contribution >= 0.6 is 27.3 Å². The molecule has 20 heavy (non-hydrogen) atoms. The molecule has 2 unspecified atom stereocenters. The smallest absolute Gasteiger partial charge is 0.0594 e. The molecule has 0 spiro atoms. The van der Waals surface area contributed by atoms with Crippen LogP contribution in [-0.2, 0) is 11.2 Å². The summed E-state index contributed by atoms with van der Waals surface area (Å²) in [6.07, 6.45) is 2.00. The van der Waals surface area contributed by atoms with E-state index in [4.69, 9.17) is 10.6 Å². The number of morpholine rings is 1. The maximum absolute atomic E-state index is 5.89. The number of nitrogens with two attached hydrogens (primary N) is 1. The van der Waals surface area contributed by atoms with Gasteiger partial charge in [-0.05, 0) is 40.7 Å². The van der Waals surface area contributed by atoms with E-state index in [0.717, 1.165) is 39.1 Å². The summed E-state index contributed by atoms with van der Waals surface area (Å²) in [6.45, 7) is 8.14. The second-order valence-electron chi connectivity index (χ2n) is 5.43. The van der Waals surface area contributed by atoms with Crippen molar-refractivity contribution in [3.63, 3.8) is 0 Å². The number of hydrazine groups is 1. The fraction of sp³-hybridized carbons (Fsp3) is 0.714. The van der Waals surface area contributed by atoms with Gasteiger partial charge in [0, 0.05) is 40.4 Å². The standard InChI is InChI=1S/C14H24BrN3OS/c1-3-14(2,18-5-7-19-8-6-18)13(17-16)10-12-11(15)4-9-20-12/h4,9,13,17H,3,5-8,10,16H2,1-2H3. The largest absolute Gasteiger partial charge is 0.379 e. The Morgan fingerprint density at radius 2 is 2.25 bits per heavy atom. The molecular formula is C14H24BrN3OS. The molecule has 0 bridgehead atoms. The molecule has 1 fully saturated rings. The summed E-state index contributed by atoms with van der Waals surface area (Å²) in [5.74, 6) is 5.89. The van der Waals surface area contributed by atoms with Crippen molar-refractivity contribution in [2.24, 2.45) is 5.84 Å². The van der Waals surface area contributed by atoms with Gasteiger partial charge < -0.3 is 4.74 Å². The summed E-state index contributed by atoms with van der Waals surface area (Å²) in [6, 6.07) is 2.33. The third-order valence-electron chi connectivity index (χ3n) is 4.48. The van der Waals surface area contributed by atoms with Gasteiger partial charge in [0.25, 0.3) is 0 Å². The maximum atomic E-state index is 5.89. The summed E-state index contributed by atoms with van der Waals surface area (Å²) in [5, 5.41) is 2.12. The Labute approximate surface area is 133 Å². The van der Waals surface area contributed by atoms with Crippen molar-refractivity contribution in [1.29, 1.82) is 0 Å². The highest BCUT2D eigenvalue weighted by Crippen LogP contribution is 2.30. The van der Waals surface area contributed by atoms with Crippen LogP contribution in [-0.4, -0.2) is 42.8 Å². The first-order chi connectivity index (χ1) is 9.61. The lowest BCUT2D eigenvalue weighted by molar-refractivity contribution is -0.0322. The van der Waals surface area contributed by atoms with Crippen molar-refractivity contribution >= 4 is 27.3 Å². The lowest BCUT2D eigenvalue weighted by Gasteiger charge is -2.47. The molecule has 1 aromatic rings. The first-order valence-electron chi connectivity index (χ1n) is 7.12. The van der Waals surface area contributed by atoms with Crippen LogP contribution in [0.3, 0.4) is 0 Å². The molecule has 4 nitrogen and oxygen atoms in total. The van der Waals surface area contributed by atoms with Crippen LogP contribution in [0.4, 0.5) is 0 Å². The highest BCUT2D eigenvalue weighted by Gasteiger charge is 2.38. The van der Waals surface area contributed by atoms with Gasteiger partial charge in [0.2, 0.25) is 0 Å². The van der Waals surface area contributed by atoms with E-state index < -0.39 is 0 Å². The van der Waals surface area contributed by atoms with Gasteiger partial charge in [-0.15, -0.1) is 11.3 Å². The van der Waals surface area contributed by atoms with Crippen LogP contribution < -0.4 is 11.3 Å². The molecule has 1 aliphatic rings. The summed E-state index contributed by atoms with van der Waals surface area (Å²) >= 11 is 5.40. The highest BCUT2D eigenvalue weighted by molar-refractivity contribution is 9.10. The molecular weight excluding hydrogens is 338 g/mol. The zero-order chi connectivity index (χ0) is 14.6. The molecule has 0 saturated carbocycles. The molecule has 1 aromatic heterocycles. The first kappa shape index (κ1) is 16.4. The fourth-order valence-electron chi connectivity index (χ4n) is 2.88. The van der Waals surface area contributed by atoms with E-state index >= 15 is 0 Å². The second-order valence-corrected chi connectivity index (χ2v) is 7.28. The highest BCUT2D eigenvalue weighted by atomic mass is 79.9. The Kier molecular flexibility index (Phi) is 6.01. The lowest BCUT2D eigenvalue weighted by Crippen LogP contribution is -2.63. The number of ether oxygens (including phenoxy) is 1. The zero-order valence-corrected chi connectivity index (χ0v) is 14.6. The minimum Gasteiger partial charge on any atom is -0.379 e. The third kappa shape index (κ3) is 3.43. The summed E-state index contributed by atoms with van der Waals surface area (Å²) in [4.78, 5) is 3.86. The number of nitrogens with zero attached hydrogens (tertiary/aromatic N) is 1. The quantitative estimate of drug-likeness (QED) is 0.603. The molecule has 0 aliphatic carbocycles. The van der Waals surface area contributed by atoms with E-state index in [-0.39, 0.29) is 11.6 Å². The molecule has 3 N–H and O–H groups in total. The van der Waals surface area contributed by atoms with Gasteiger partial charge >= 0.3 is 0 Å². The van der Waals surface area contributed by atoms with E-state index in [9.17, 15) is 0 Å². The van der Waals surface area contributed by atoms with Gasteiger partial charge in [0.1, 0.15) is 0 Å². The molecule has 114 valence electrons. The van der Waals surface area contributed by atoms with Crippen molar-refractivity contribution in [3.05, 3.63) is 20.8 Å². The van der Waals surface area contributed by atoms with Gasteiger partial charge in [-0.2, -0.15) is 0 Å². The Balaban J connectivity index is 2.15. The van der Waals surface area contributed by atoms with Gasteiger partial charge in [-0.1, -0.05) is 6.92 Å². The number of hydrogen-bond donors (Lipinski definition) is 2. The summed E-state index contributed by atoms with van der Waals surface area (Å²) in [5.41, 5.74) is 3.10. The van der Waals surface area contributed by atoms with Crippen LogP contribution in [0.1, 0.15) is 25.1 Å². The van der Waals surface area contributed by atoms with E-state index in [1.807, 2.05) is 0 Å². The lowest BCUT2D eigenvalue weighted by atomic mass is 9.85. The third-order valence-corrected chi connectivity index (χ3v) is 6.43. The number of hydrogen-bond acceptors (Lipinski definition) is 5. The first-order valence-corrected chi connectivity index (χ1v) is 8.80. The van der Waals surface area contributed by atoms with Crippen molar-refractivity contribution in [3.8, 4) is 0 Å². The van der Waals surface area contributed by atoms with Gasteiger partial charge in [0.15, 0.2) is 0 Å². The molecule has 0 radical (unpaired) electrons.